The number of nitrogens with two attached hydrogens (primary N) is 1. The molecule has 3 N–H and O–H groups in total. The number of aromatic amines is 1. The Hall–Kier alpha value is -3.85. The van der Waals surface area contributed by atoms with Gasteiger partial charge in [0, 0.05) is 18.7 Å². The van der Waals surface area contributed by atoms with Gasteiger partial charge in [0.15, 0.2) is 5.69 Å². The number of amides is 1. The summed E-state index contributed by atoms with van der Waals surface area (Å²) >= 11 is 0. The molecule has 0 radical (unpaired) electrons. The van der Waals surface area contributed by atoms with E-state index in [9.17, 15) is 14.4 Å². The number of rotatable bonds is 9. The van der Waals surface area contributed by atoms with Crippen LogP contribution in [0.5, 0.6) is 5.75 Å². The standard InChI is InChI=1S/C24H29N5O4/c1-4-28(20(30)16-27(2)15-18-12-8-9-13-19(18)33-3)21-22(25)29(24(32)26-23(21)31)14-17-10-6-5-7-11-17/h5-13H,4,14-16,25H2,1-3H3,(H,26,31,32). The van der Waals surface area contributed by atoms with Gasteiger partial charge in [-0.05, 0) is 25.6 Å². The zero-order valence-corrected chi connectivity index (χ0v) is 19.1. The first-order valence-corrected chi connectivity index (χ1v) is 10.6. The van der Waals surface area contributed by atoms with Crippen LogP contribution in [0.1, 0.15) is 18.1 Å². The molecule has 3 rings (SSSR count). The third-order valence-corrected chi connectivity index (χ3v) is 5.32. The number of hydrogen-bond acceptors (Lipinski definition) is 6. The zero-order chi connectivity index (χ0) is 24.0. The van der Waals surface area contributed by atoms with Gasteiger partial charge >= 0.3 is 5.69 Å². The average molecular weight is 452 g/mol. The first-order chi connectivity index (χ1) is 15.8. The van der Waals surface area contributed by atoms with E-state index in [1.54, 1.807) is 14.0 Å². The van der Waals surface area contributed by atoms with Crippen LogP contribution in [0.25, 0.3) is 0 Å². The number of methoxy groups -OCH3 is 1. The highest BCUT2D eigenvalue weighted by atomic mass is 16.5. The molecule has 174 valence electrons. The molecule has 0 aliphatic heterocycles. The van der Waals surface area contributed by atoms with Gasteiger partial charge in [0.25, 0.3) is 5.56 Å². The van der Waals surface area contributed by atoms with Gasteiger partial charge in [-0.2, -0.15) is 0 Å². The number of likely N-dealkylation sites (N-methyl/N-ethyl adjacent to an activating group) is 2. The Morgan fingerprint density at radius 2 is 1.76 bits per heavy atom. The highest BCUT2D eigenvalue weighted by molar-refractivity contribution is 5.96. The minimum Gasteiger partial charge on any atom is -0.496 e. The van der Waals surface area contributed by atoms with E-state index in [0.717, 1.165) is 16.9 Å². The molecule has 3 aromatic rings. The molecule has 2 aromatic carbocycles. The number of nitrogens with one attached hydrogen (secondary N) is 1. The van der Waals surface area contributed by atoms with E-state index in [1.807, 2.05) is 66.5 Å². The van der Waals surface area contributed by atoms with Crippen LogP contribution in [0.2, 0.25) is 0 Å². The van der Waals surface area contributed by atoms with E-state index in [-0.39, 0.29) is 37.0 Å². The summed E-state index contributed by atoms with van der Waals surface area (Å²) in [6.07, 6.45) is 0. The summed E-state index contributed by atoms with van der Waals surface area (Å²) in [6.45, 7) is 2.67. The van der Waals surface area contributed by atoms with Crippen LogP contribution in [0.3, 0.4) is 0 Å². The quantitative estimate of drug-likeness (QED) is 0.512. The largest absolute Gasteiger partial charge is 0.496 e. The molecule has 0 aliphatic rings. The molecule has 33 heavy (non-hydrogen) atoms. The van der Waals surface area contributed by atoms with Crippen molar-refractivity contribution < 1.29 is 9.53 Å². The fourth-order valence-electron chi connectivity index (χ4n) is 3.72. The van der Waals surface area contributed by atoms with Crippen molar-refractivity contribution in [2.75, 3.05) is 37.9 Å². The Morgan fingerprint density at radius 1 is 1.09 bits per heavy atom. The predicted octanol–water partition coefficient (Wildman–Crippen LogP) is 1.66. The van der Waals surface area contributed by atoms with E-state index in [2.05, 4.69) is 4.98 Å². The number of aromatic nitrogens is 2. The van der Waals surface area contributed by atoms with E-state index in [1.165, 1.54) is 9.47 Å². The van der Waals surface area contributed by atoms with Crippen molar-refractivity contribution in [1.29, 1.82) is 0 Å². The number of nitrogen functional groups attached to an aromatic ring is 1. The Bertz CT molecular complexity index is 1220. The second kappa shape index (κ2) is 10.6. The molecule has 0 aliphatic carbocycles. The number of nitrogens with zero attached hydrogens (tertiary/aromatic N) is 3. The second-order valence-corrected chi connectivity index (χ2v) is 7.69. The highest BCUT2D eigenvalue weighted by Crippen LogP contribution is 2.20. The predicted molar refractivity (Wildman–Crippen MR) is 129 cm³/mol. The fraction of sp³-hybridized carbons (Fsp3) is 0.292. The summed E-state index contributed by atoms with van der Waals surface area (Å²) < 4.78 is 6.64. The lowest BCUT2D eigenvalue weighted by atomic mass is 10.2. The molecule has 9 nitrogen and oxygen atoms in total. The van der Waals surface area contributed by atoms with Crippen LogP contribution >= 0.6 is 0 Å². The minimum absolute atomic E-state index is 0.0243. The summed E-state index contributed by atoms with van der Waals surface area (Å²) in [5.41, 5.74) is 6.70. The van der Waals surface area contributed by atoms with E-state index in [0.29, 0.717) is 6.54 Å². The molecule has 0 bridgehead atoms. The third-order valence-electron chi connectivity index (χ3n) is 5.32. The first-order valence-electron chi connectivity index (χ1n) is 10.6. The number of carbonyl (C=O) groups is 1. The monoisotopic (exact) mass is 451 g/mol. The van der Waals surface area contributed by atoms with Crippen LogP contribution in [0.4, 0.5) is 11.5 Å². The Labute approximate surface area is 192 Å². The number of anilines is 2. The number of para-hydroxylation sites is 1. The third kappa shape index (κ3) is 5.50. The molecule has 0 spiro atoms. The van der Waals surface area contributed by atoms with Crippen molar-refractivity contribution in [3.8, 4) is 5.75 Å². The van der Waals surface area contributed by atoms with Gasteiger partial charge in [-0.3, -0.25) is 24.0 Å². The van der Waals surface area contributed by atoms with E-state index < -0.39 is 11.2 Å². The Balaban J connectivity index is 1.85. The maximum Gasteiger partial charge on any atom is 0.330 e. The maximum absolute atomic E-state index is 13.1. The van der Waals surface area contributed by atoms with Crippen LogP contribution in [-0.4, -0.2) is 47.6 Å². The van der Waals surface area contributed by atoms with Gasteiger partial charge < -0.3 is 15.4 Å². The van der Waals surface area contributed by atoms with E-state index in [4.69, 9.17) is 10.5 Å². The number of hydrogen-bond donors (Lipinski definition) is 2. The molecule has 0 fully saturated rings. The van der Waals surface area contributed by atoms with Crippen LogP contribution in [-0.2, 0) is 17.9 Å². The molecule has 1 aromatic heterocycles. The SMILES string of the molecule is CCN(C(=O)CN(C)Cc1ccccc1OC)c1c(N)n(Cc2ccccc2)c(=O)[nH]c1=O. The van der Waals surface area contributed by atoms with Crippen molar-refractivity contribution in [3.05, 3.63) is 86.6 Å². The molecule has 0 saturated carbocycles. The molecular weight excluding hydrogens is 422 g/mol. The topological polar surface area (TPSA) is 114 Å². The van der Waals surface area contributed by atoms with Crippen molar-refractivity contribution in [1.82, 2.24) is 14.5 Å². The van der Waals surface area contributed by atoms with Crippen molar-refractivity contribution in [3.63, 3.8) is 0 Å². The van der Waals surface area contributed by atoms with Gasteiger partial charge in [0.2, 0.25) is 5.91 Å². The number of H-pyrrole nitrogens is 1. The van der Waals surface area contributed by atoms with Gasteiger partial charge in [-0.25, -0.2) is 4.79 Å². The summed E-state index contributed by atoms with van der Waals surface area (Å²) in [4.78, 5) is 43.7. The number of ether oxygens (including phenoxy) is 1. The molecular formula is C24H29N5O4. The van der Waals surface area contributed by atoms with Gasteiger partial charge in [0.1, 0.15) is 11.6 Å². The minimum atomic E-state index is -0.690. The van der Waals surface area contributed by atoms with Gasteiger partial charge in [-0.15, -0.1) is 0 Å². The Morgan fingerprint density at radius 3 is 2.42 bits per heavy atom. The second-order valence-electron chi connectivity index (χ2n) is 7.69. The van der Waals surface area contributed by atoms with Crippen molar-refractivity contribution in [2.45, 2.75) is 20.0 Å². The molecule has 9 heteroatoms. The zero-order valence-electron chi connectivity index (χ0n) is 19.1. The lowest BCUT2D eigenvalue weighted by molar-refractivity contribution is -0.119. The average Bonchev–Trinajstić information content (AvgIpc) is 2.80. The highest BCUT2D eigenvalue weighted by Gasteiger charge is 2.24. The summed E-state index contributed by atoms with van der Waals surface area (Å²) in [5.74, 6) is 0.380. The molecule has 0 atom stereocenters. The van der Waals surface area contributed by atoms with Gasteiger partial charge in [-0.1, -0.05) is 48.5 Å². The van der Waals surface area contributed by atoms with Gasteiger partial charge in [0.05, 0.1) is 20.2 Å². The van der Waals surface area contributed by atoms with E-state index >= 15 is 0 Å². The summed E-state index contributed by atoms with van der Waals surface area (Å²) in [5, 5.41) is 0. The van der Waals surface area contributed by atoms with Crippen LogP contribution in [0.15, 0.2) is 64.2 Å². The molecule has 0 unspecified atom stereocenters. The lowest BCUT2D eigenvalue weighted by Crippen LogP contribution is -2.44. The van der Waals surface area contributed by atoms with Crippen molar-refractivity contribution in [2.24, 2.45) is 0 Å². The van der Waals surface area contributed by atoms with Crippen LogP contribution < -0.4 is 26.6 Å². The molecule has 1 heterocycles. The van der Waals surface area contributed by atoms with Crippen molar-refractivity contribution >= 4 is 17.4 Å². The van der Waals surface area contributed by atoms with Crippen LogP contribution in [0, 0.1) is 0 Å². The molecule has 1 amide bonds. The summed E-state index contributed by atoms with van der Waals surface area (Å²) in [6, 6.07) is 16.9. The Kier molecular flexibility index (Phi) is 7.68. The summed E-state index contributed by atoms with van der Waals surface area (Å²) in [7, 11) is 3.41. The number of carbonyl (C=O) groups excluding carboxylic acids is 1. The first kappa shape index (κ1) is 23.8. The maximum atomic E-state index is 13.1. The molecule has 0 saturated heterocycles. The normalized spacial score (nSPS) is 10.9. The smallest absolute Gasteiger partial charge is 0.330 e. The fourth-order valence-corrected chi connectivity index (χ4v) is 3.72. The number of benzene rings is 2. The lowest BCUT2D eigenvalue weighted by Gasteiger charge is -2.26.